The van der Waals surface area contributed by atoms with Gasteiger partial charge in [0.05, 0.1) is 11.5 Å². The number of aliphatic imine (C=N–C) groups is 1. The van der Waals surface area contributed by atoms with Gasteiger partial charge in [-0.05, 0) is 0 Å². The van der Waals surface area contributed by atoms with E-state index in [1.807, 2.05) is 12.1 Å². The van der Waals surface area contributed by atoms with Gasteiger partial charge in [0.15, 0.2) is 11.6 Å². The lowest BCUT2D eigenvalue weighted by Gasteiger charge is -2.04. The lowest BCUT2D eigenvalue weighted by Crippen LogP contribution is -2.07. The quantitative estimate of drug-likeness (QED) is 0.339. The zero-order valence-electron chi connectivity index (χ0n) is 12.7. The molecule has 0 aliphatic carbocycles. The largest absolute Gasteiger partial charge is 0.293 e. The summed E-state index contributed by atoms with van der Waals surface area (Å²) in [5.41, 5.74) is 1.23. The molecule has 0 radical (unpaired) electrons. The molecule has 0 unspecified atom stereocenters. The summed E-state index contributed by atoms with van der Waals surface area (Å²) in [5, 5.41) is 8.77. The van der Waals surface area contributed by atoms with E-state index in [1.165, 1.54) is 23.5 Å². The lowest BCUT2D eigenvalue weighted by atomic mass is 10.2. The molecule has 0 amide bonds. The highest BCUT2D eigenvalue weighted by atomic mass is 32.2. The molecule has 0 N–H and O–H groups in total. The second kappa shape index (κ2) is 9.71. The molecule has 6 heteroatoms. The summed E-state index contributed by atoms with van der Waals surface area (Å²) >= 11 is 2.35. The number of nitrogens with zero attached hydrogens (tertiary/aromatic N) is 2. The highest BCUT2D eigenvalue weighted by molar-refractivity contribution is 8.39. The maximum Gasteiger partial charge on any atom is 0.207 e. The second-order valence-electron chi connectivity index (χ2n) is 4.63. The van der Waals surface area contributed by atoms with E-state index < -0.39 is 0 Å². The van der Waals surface area contributed by atoms with Gasteiger partial charge in [0.2, 0.25) is 6.19 Å². The molecule has 2 aromatic carbocycles. The van der Waals surface area contributed by atoms with Gasteiger partial charge in [0.25, 0.3) is 0 Å². The van der Waals surface area contributed by atoms with Gasteiger partial charge in [-0.1, -0.05) is 84.2 Å². The Bertz CT molecular complexity index is 711. The van der Waals surface area contributed by atoms with E-state index in [9.17, 15) is 9.59 Å². The minimum absolute atomic E-state index is 0.0405. The lowest BCUT2D eigenvalue weighted by molar-refractivity contribution is 0.101. The van der Waals surface area contributed by atoms with Gasteiger partial charge in [-0.2, -0.15) is 10.3 Å². The van der Waals surface area contributed by atoms with Crippen molar-refractivity contribution in [1.29, 1.82) is 5.26 Å². The van der Waals surface area contributed by atoms with Crippen molar-refractivity contribution in [1.82, 2.24) is 0 Å². The Balaban J connectivity index is 1.89. The Kier molecular flexibility index (Phi) is 7.27. The number of benzene rings is 2. The predicted octanol–water partition coefficient (Wildman–Crippen LogP) is 4.06. The molecule has 24 heavy (non-hydrogen) atoms. The van der Waals surface area contributed by atoms with Gasteiger partial charge in [-0.3, -0.25) is 9.59 Å². The maximum atomic E-state index is 12.1. The number of Topliss-reactive ketones (excluding diaryl/α,β-unsaturated/α-hetero) is 2. The topological polar surface area (TPSA) is 70.3 Å². The number of ketones is 2. The van der Waals surface area contributed by atoms with Crippen LogP contribution in [-0.4, -0.2) is 27.4 Å². The number of carbonyl (C=O) groups is 2. The third-order valence-electron chi connectivity index (χ3n) is 2.99. The summed E-state index contributed by atoms with van der Waals surface area (Å²) in [4.78, 5) is 27.9. The van der Waals surface area contributed by atoms with Crippen LogP contribution in [0.2, 0.25) is 0 Å². The molecule has 0 aliphatic heterocycles. The van der Waals surface area contributed by atoms with E-state index in [2.05, 4.69) is 4.99 Å². The molecule has 0 saturated carbocycles. The number of hydrogen-bond acceptors (Lipinski definition) is 6. The van der Waals surface area contributed by atoms with Gasteiger partial charge in [0, 0.05) is 11.1 Å². The molecule has 120 valence electrons. The van der Waals surface area contributed by atoms with Gasteiger partial charge in [0.1, 0.15) is 4.38 Å². The fraction of sp³-hybridized carbons (Fsp3) is 0.111. The second-order valence-corrected chi connectivity index (χ2v) is 6.82. The van der Waals surface area contributed by atoms with Crippen LogP contribution in [0.5, 0.6) is 0 Å². The first-order chi connectivity index (χ1) is 11.7. The van der Waals surface area contributed by atoms with Gasteiger partial charge >= 0.3 is 0 Å². The minimum atomic E-state index is -0.0405. The molecule has 4 nitrogen and oxygen atoms in total. The summed E-state index contributed by atoms with van der Waals surface area (Å²) in [6.45, 7) is 0. The van der Waals surface area contributed by atoms with Crippen molar-refractivity contribution >= 4 is 39.5 Å². The molecule has 2 aromatic rings. The fourth-order valence-corrected chi connectivity index (χ4v) is 3.56. The summed E-state index contributed by atoms with van der Waals surface area (Å²) < 4.78 is 0.422. The van der Waals surface area contributed by atoms with Crippen LogP contribution in [0.4, 0.5) is 0 Å². The summed E-state index contributed by atoms with van der Waals surface area (Å²) in [6.07, 6.45) is 1.72. The first-order valence-electron chi connectivity index (χ1n) is 7.09. The van der Waals surface area contributed by atoms with Crippen LogP contribution in [0.15, 0.2) is 65.7 Å². The molecule has 0 spiro atoms. The molecular weight excluding hydrogens is 340 g/mol. The summed E-state index contributed by atoms with van der Waals surface area (Å²) in [6, 6.07) is 17.9. The number of thioether (sulfide) groups is 2. The summed E-state index contributed by atoms with van der Waals surface area (Å²) in [7, 11) is 0. The van der Waals surface area contributed by atoms with E-state index in [4.69, 9.17) is 5.26 Å². The predicted molar refractivity (Wildman–Crippen MR) is 99.5 cm³/mol. The van der Waals surface area contributed by atoms with Crippen molar-refractivity contribution in [2.75, 3.05) is 11.5 Å². The number of rotatable bonds is 6. The van der Waals surface area contributed by atoms with Crippen molar-refractivity contribution in [3.8, 4) is 6.19 Å². The van der Waals surface area contributed by atoms with E-state index >= 15 is 0 Å². The average molecular weight is 354 g/mol. The van der Waals surface area contributed by atoms with Crippen LogP contribution >= 0.6 is 23.5 Å². The van der Waals surface area contributed by atoms with Crippen LogP contribution in [0.3, 0.4) is 0 Å². The molecular formula is C18H14N2O2S2. The van der Waals surface area contributed by atoms with E-state index in [-0.39, 0.29) is 23.1 Å². The molecule has 2 rings (SSSR count). The zero-order valence-corrected chi connectivity index (χ0v) is 14.3. The van der Waals surface area contributed by atoms with Gasteiger partial charge in [-0.25, -0.2) is 0 Å². The molecule has 0 heterocycles. The van der Waals surface area contributed by atoms with Crippen LogP contribution in [-0.2, 0) is 0 Å². The Morgan fingerprint density at radius 2 is 1.25 bits per heavy atom. The van der Waals surface area contributed by atoms with Crippen LogP contribution in [0.1, 0.15) is 20.7 Å². The van der Waals surface area contributed by atoms with Gasteiger partial charge in [-0.15, -0.1) is 0 Å². The molecule has 0 fully saturated rings. The number of carbonyl (C=O) groups excluding carboxylic acids is 2. The Morgan fingerprint density at radius 1 is 0.833 bits per heavy atom. The highest BCUT2D eigenvalue weighted by Crippen LogP contribution is 2.20. The fourth-order valence-electron chi connectivity index (χ4n) is 1.82. The first kappa shape index (κ1) is 18.0. The van der Waals surface area contributed by atoms with Gasteiger partial charge < -0.3 is 0 Å². The minimum Gasteiger partial charge on any atom is -0.293 e. The Hall–Kier alpha value is -2.36. The number of hydrogen-bond donors (Lipinski definition) is 0. The van der Waals surface area contributed by atoms with Crippen molar-refractivity contribution in [3.63, 3.8) is 0 Å². The van der Waals surface area contributed by atoms with Crippen molar-refractivity contribution in [2.24, 2.45) is 4.99 Å². The summed E-state index contributed by atoms with van der Waals surface area (Å²) in [5.74, 6) is 0.274. The third-order valence-corrected chi connectivity index (χ3v) is 5.18. The highest BCUT2D eigenvalue weighted by Gasteiger charge is 2.12. The smallest absolute Gasteiger partial charge is 0.207 e. The van der Waals surface area contributed by atoms with E-state index in [0.717, 1.165) is 0 Å². The monoisotopic (exact) mass is 354 g/mol. The Labute approximate surface area is 149 Å². The normalized spacial score (nSPS) is 9.79. The standard InChI is InChI=1S/C18H14N2O2S2/c19-13-20-18(23-11-16(21)14-7-3-1-4-8-14)24-12-17(22)15-9-5-2-6-10-15/h1-10H,11-12H2. The number of nitriles is 1. The molecule has 0 aliphatic rings. The van der Waals surface area contributed by atoms with Crippen molar-refractivity contribution < 1.29 is 9.59 Å². The van der Waals surface area contributed by atoms with E-state index in [0.29, 0.717) is 15.5 Å². The van der Waals surface area contributed by atoms with Crippen molar-refractivity contribution in [3.05, 3.63) is 71.8 Å². The molecule has 0 aromatic heterocycles. The van der Waals surface area contributed by atoms with Crippen LogP contribution in [0.25, 0.3) is 0 Å². The molecule has 0 atom stereocenters. The first-order valence-corrected chi connectivity index (χ1v) is 9.06. The van der Waals surface area contributed by atoms with Crippen molar-refractivity contribution in [2.45, 2.75) is 0 Å². The zero-order chi connectivity index (χ0) is 17.2. The van der Waals surface area contributed by atoms with E-state index in [1.54, 1.807) is 54.7 Å². The Morgan fingerprint density at radius 3 is 1.62 bits per heavy atom. The SMILES string of the molecule is N#CN=C(SCC(=O)c1ccccc1)SCC(=O)c1ccccc1. The molecule has 0 bridgehead atoms. The molecule has 0 saturated heterocycles. The average Bonchev–Trinajstić information content (AvgIpc) is 2.65. The van der Waals surface area contributed by atoms with Crippen LogP contribution in [0, 0.1) is 11.5 Å². The third kappa shape index (κ3) is 5.69. The maximum absolute atomic E-state index is 12.1. The van der Waals surface area contributed by atoms with Crippen LogP contribution < -0.4 is 0 Å².